The second-order valence-corrected chi connectivity index (χ2v) is 5.14. The van der Waals surface area contributed by atoms with Crippen molar-refractivity contribution in [2.75, 3.05) is 50.2 Å². The minimum Gasteiger partial charge on any atom is -0.395 e. The van der Waals surface area contributed by atoms with Crippen molar-refractivity contribution in [3.63, 3.8) is 0 Å². The van der Waals surface area contributed by atoms with E-state index in [0.717, 1.165) is 22.6 Å². The van der Waals surface area contributed by atoms with Crippen molar-refractivity contribution in [2.45, 2.75) is 6.92 Å². The standard InChI is InChI=1S/C13H20N4O2S/c1-3-14-13-15-11(10-4-9-20-12(10)16-13)17(5-7-18)6-8-19-2/h4,9,18H,3,5-8H2,1-2H3,(H,14,15,16). The number of methoxy groups -OCH3 is 1. The third-order valence-electron chi connectivity index (χ3n) is 2.87. The first-order valence-corrected chi connectivity index (χ1v) is 7.52. The Bertz CT molecular complexity index is 546. The minimum absolute atomic E-state index is 0.0793. The van der Waals surface area contributed by atoms with Gasteiger partial charge in [-0.2, -0.15) is 4.98 Å². The van der Waals surface area contributed by atoms with Gasteiger partial charge in [-0.3, -0.25) is 0 Å². The fourth-order valence-electron chi connectivity index (χ4n) is 1.96. The molecule has 0 aliphatic carbocycles. The first-order valence-electron chi connectivity index (χ1n) is 6.64. The van der Waals surface area contributed by atoms with Crippen molar-refractivity contribution < 1.29 is 9.84 Å². The number of rotatable bonds is 8. The number of aliphatic hydroxyl groups excluding tert-OH is 1. The predicted octanol–water partition coefficient (Wildman–Crippen LogP) is 1.57. The van der Waals surface area contributed by atoms with E-state index in [1.54, 1.807) is 18.4 Å². The van der Waals surface area contributed by atoms with Gasteiger partial charge in [0.2, 0.25) is 5.95 Å². The molecule has 2 N–H and O–H groups in total. The largest absolute Gasteiger partial charge is 0.395 e. The Balaban J connectivity index is 2.39. The highest BCUT2D eigenvalue weighted by atomic mass is 32.1. The van der Waals surface area contributed by atoms with E-state index < -0.39 is 0 Å². The lowest BCUT2D eigenvalue weighted by atomic mass is 10.3. The van der Waals surface area contributed by atoms with E-state index in [-0.39, 0.29) is 6.61 Å². The molecular weight excluding hydrogens is 276 g/mol. The zero-order chi connectivity index (χ0) is 14.4. The lowest BCUT2D eigenvalue weighted by Gasteiger charge is -2.23. The molecule has 2 aromatic heterocycles. The number of ether oxygens (including phenoxy) is 1. The first-order chi connectivity index (χ1) is 9.80. The molecule has 0 saturated heterocycles. The van der Waals surface area contributed by atoms with Crippen molar-refractivity contribution >= 4 is 33.3 Å². The molecule has 110 valence electrons. The molecular formula is C13H20N4O2S. The Hall–Kier alpha value is -1.44. The number of hydrogen-bond acceptors (Lipinski definition) is 7. The molecule has 2 rings (SSSR count). The van der Waals surface area contributed by atoms with Crippen LogP contribution in [0.5, 0.6) is 0 Å². The molecule has 0 amide bonds. The van der Waals surface area contributed by atoms with Gasteiger partial charge in [-0.05, 0) is 18.4 Å². The second kappa shape index (κ2) is 7.37. The Labute approximate surface area is 122 Å². The van der Waals surface area contributed by atoms with Gasteiger partial charge >= 0.3 is 0 Å². The fraction of sp³-hybridized carbons (Fsp3) is 0.538. The number of aliphatic hydroxyl groups is 1. The Morgan fingerprint density at radius 3 is 2.95 bits per heavy atom. The number of nitrogens with zero attached hydrogens (tertiary/aromatic N) is 3. The molecule has 0 saturated carbocycles. The molecule has 0 radical (unpaired) electrons. The van der Waals surface area contributed by atoms with Crippen LogP contribution in [0.15, 0.2) is 11.4 Å². The van der Waals surface area contributed by atoms with Gasteiger partial charge in [-0.1, -0.05) is 0 Å². The molecule has 0 aliphatic heterocycles. The molecule has 0 bridgehead atoms. The average Bonchev–Trinajstić information content (AvgIpc) is 2.91. The zero-order valence-electron chi connectivity index (χ0n) is 11.8. The van der Waals surface area contributed by atoms with Crippen LogP contribution in [0, 0.1) is 0 Å². The maximum absolute atomic E-state index is 9.25. The maximum Gasteiger partial charge on any atom is 0.226 e. The topological polar surface area (TPSA) is 70.5 Å². The van der Waals surface area contributed by atoms with Gasteiger partial charge < -0.3 is 20.1 Å². The van der Waals surface area contributed by atoms with E-state index in [2.05, 4.69) is 15.3 Å². The summed E-state index contributed by atoms with van der Waals surface area (Å²) in [7, 11) is 1.67. The van der Waals surface area contributed by atoms with Crippen LogP contribution in [-0.4, -0.2) is 55.0 Å². The van der Waals surface area contributed by atoms with E-state index in [0.29, 0.717) is 25.6 Å². The van der Waals surface area contributed by atoms with E-state index in [1.807, 2.05) is 23.3 Å². The van der Waals surface area contributed by atoms with Crippen LogP contribution in [0.3, 0.4) is 0 Å². The van der Waals surface area contributed by atoms with Gasteiger partial charge in [0.25, 0.3) is 0 Å². The van der Waals surface area contributed by atoms with Crippen molar-refractivity contribution in [1.29, 1.82) is 0 Å². The summed E-state index contributed by atoms with van der Waals surface area (Å²) in [6, 6.07) is 2.02. The van der Waals surface area contributed by atoms with Crippen LogP contribution in [0.2, 0.25) is 0 Å². The van der Waals surface area contributed by atoms with Gasteiger partial charge in [0, 0.05) is 26.7 Å². The highest BCUT2D eigenvalue weighted by Crippen LogP contribution is 2.28. The summed E-state index contributed by atoms with van der Waals surface area (Å²) in [5, 5.41) is 15.4. The van der Waals surface area contributed by atoms with Crippen molar-refractivity contribution in [3.8, 4) is 0 Å². The average molecular weight is 296 g/mol. The molecule has 0 spiro atoms. The molecule has 0 aliphatic rings. The predicted molar refractivity (Wildman–Crippen MR) is 82.8 cm³/mol. The normalized spacial score (nSPS) is 10.9. The summed E-state index contributed by atoms with van der Waals surface area (Å²) in [5.41, 5.74) is 0. The first kappa shape index (κ1) is 15.0. The number of thiophene rings is 1. The molecule has 0 fully saturated rings. The van der Waals surface area contributed by atoms with Crippen molar-refractivity contribution in [3.05, 3.63) is 11.4 Å². The zero-order valence-corrected chi connectivity index (χ0v) is 12.6. The van der Waals surface area contributed by atoms with Crippen LogP contribution in [0.25, 0.3) is 10.2 Å². The summed E-state index contributed by atoms with van der Waals surface area (Å²) in [5.74, 6) is 1.47. The summed E-state index contributed by atoms with van der Waals surface area (Å²) in [6.45, 7) is 4.66. The number of hydrogen-bond donors (Lipinski definition) is 2. The fourth-order valence-corrected chi connectivity index (χ4v) is 2.72. The Morgan fingerprint density at radius 2 is 2.25 bits per heavy atom. The smallest absolute Gasteiger partial charge is 0.226 e. The van der Waals surface area contributed by atoms with Gasteiger partial charge in [0.05, 0.1) is 18.6 Å². The van der Waals surface area contributed by atoms with E-state index >= 15 is 0 Å². The molecule has 2 aromatic rings. The maximum atomic E-state index is 9.25. The molecule has 0 aromatic carbocycles. The number of fused-ring (bicyclic) bond motifs is 1. The Kier molecular flexibility index (Phi) is 5.51. The third-order valence-corrected chi connectivity index (χ3v) is 3.68. The van der Waals surface area contributed by atoms with E-state index in [4.69, 9.17) is 4.74 Å². The number of anilines is 2. The highest BCUT2D eigenvalue weighted by Gasteiger charge is 2.15. The second-order valence-electron chi connectivity index (χ2n) is 4.24. The summed E-state index contributed by atoms with van der Waals surface area (Å²) < 4.78 is 5.13. The van der Waals surface area contributed by atoms with Crippen LogP contribution in [0.4, 0.5) is 11.8 Å². The SMILES string of the molecule is CCNc1nc(N(CCO)CCOC)c2ccsc2n1. The van der Waals surface area contributed by atoms with Crippen LogP contribution in [0.1, 0.15) is 6.92 Å². The molecule has 0 atom stereocenters. The molecule has 7 heteroatoms. The van der Waals surface area contributed by atoms with Crippen LogP contribution in [-0.2, 0) is 4.74 Å². The van der Waals surface area contributed by atoms with Crippen molar-refractivity contribution in [2.24, 2.45) is 0 Å². The van der Waals surface area contributed by atoms with Gasteiger partial charge in [-0.25, -0.2) is 4.98 Å². The van der Waals surface area contributed by atoms with Gasteiger partial charge in [0.1, 0.15) is 10.6 Å². The lowest BCUT2D eigenvalue weighted by molar-refractivity contribution is 0.202. The molecule has 2 heterocycles. The van der Waals surface area contributed by atoms with Gasteiger partial charge in [-0.15, -0.1) is 11.3 Å². The molecule has 0 unspecified atom stereocenters. The quantitative estimate of drug-likeness (QED) is 0.770. The van der Waals surface area contributed by atoms with Crippen LogP contribution >= 0.6 is 11.3 Å². The van der Waals surface area contributed by atoms with E-state index in [1.165, 1.54) is 0 Å². The Morgan fingerprint density at radius 1 is 1.40 bits per heavy atom. The van der Waals surface area contributed by atoms with Gasteiger partial charge in [0.15, 0.2) is 0 Å². The summed E-state index contributed by atoms with van der Waals surface area (Å²) >= 11 is 1.59. The highest BCUT2D eigenvalue weighted by molar-refractivity contribution is 7.16. The minimum atomic E-state index is 0.0793. The number of aromatic nitrogens is 2. The molecule has 6 nitrogen and oxygen atoms in total. The lowest BCUT2D eigenvalue weighted by Crippen LogP contribution is -2.31. The van der Waals surface area contributed by atoms with Crippen molar-refractivity contribution in [1.82, 2.24) is 9.97 Å². The third kappa shape index (κ3) is 3.36. The monoisotopic (exact) mass is 296 g/mol. The summed E-state index contributed by atoms with van der Waals surface area (Å²) in [4.78, 5) is 12.0. The molecule has 20 heavy (non-hydrogen) atoms. The summed E-state index contributed by atoms with van der Waals surface area (Å²) in [6.07, 6.45) is 0. The number of nitrogens with one attached hydrogen (secondary N) is 1. The van der Waals surface area contributed by atoms with Crippen LogP contribution < -0.4 is 10.2 Å². The van der Waals surface area contributed by atoms with E-state index in [9.17, 15) is 5.11 Å².